The van der Waals surface area contributed by atoms with Gasteiger partial charge in [-0.3, -0.25) is 0 Å². The van der Waals surface area contributed by atoms with E-state index in [1.807, 2.05) is 0 Å². The highest BCUT2D eigenvalue weighted by Crippen LogP contribution is 2.29. The zero-order chi connectivity index (χ0) is 13.5. The summed E-state index contributed by atoms with van der Waals surface area (Å²) in [5.74, 6) is -0.131. The van der Waals surface area contributed by atoms with E-state index in [4.69, 9.17) is 10.5 Å². The Morgan fingerprint density at radius 3 is 2.61 bits per heavy atom. The van der Waals surface area contributed by atoms with Gasteiger partial charge in [-0.2, -0.15) is 0 Å². The first kappa shape index (κ1) is 14.3. The molecule has 0 saturated carbocycles. The van der Waals surface area contributed by atoms with Gasteiger partial charge in [0.1, 0.15) is 17.1 Å². The molecule has 0 fully saturated rings. The third-order valence-electron chi connectivity index (χ3n) is 2.70. The van der Waals surface area contributed by atoms with Gasteiger partial charge in [-0.05, 0) is 37.4 Å². The van der Waals surface area contributed by atoms with Gasteiger partial charge < -0.3 is 20.3 Å². The molecule has 0 aliphatic heterocycles. The average molecular weight is 253 g/mol. The highest BCUT2D eigenvalue weighted by atomic mass is 16.5. The van der Waals surface area contributed by atoms with Crippen molar-refractivity contribution in [2.75, 3.05) is 20.8 Å². The fourth-order valence-corrected chi connectivity index (χ4v) is 1.73. The van der Waals surface area contributed by atoms with E-state index in [1.54, 1.807) is 6.07 Å². The lowest BCUT2D eigenvalue weighted by Gasteiger charge is -2.11. The molecule has 0 amide bonds. The van der Waals surface area contributed by atoms with Gasteiger partial charge in [0.25, 0.3) is 0 Å². The minimum atomic E-state index is -0.560. The van der Waals surface area contributed by atoms with E-state index in [0.29, 0.717) is 12.3 Å². The molecule has 1 aromatic rings. The molecule has 0 heterocycles. The van der Waals surface area contributed by atoms with Crippen molar-refractivity contribution in [1.82, 2.24) is 0 Å². The van der Waals surface area contributed by atoms with Crippen LogP contribution in [0.3, 0.4) is 0 Å². The van der Waals surface area contributed by atoms with Crippen LogP contribution in [0.2, 0.25) is 0 Å². The fourth-order valence-electron chi connectivity index (χ4n) is 1.73. The highest BCUT2D eigenvalue weighted by molar-refractivity contribution is 5.92. The Labute approximate surface area is 107 Å². The zero-order valence-electron chi connectivity index (χ0n) is 10.7. The molecule has 1 rings (SSSR count). The Morgan fingerprint density at radius 2 is 2.06 bits per heavy atom. The molecule has 1 aromatic carbocycles. The molecule has 3 N–H and O–H groups in total. The Bertz CT molecular complexity index is 418. The zero-order valence-corrected chi connectivity index (χ0v) is 10.7. The predicted molar refractivity (Wildman–Crippen MR) is 68.0 cm³/mol. The molecule has 100 valence electrons. The van der Waals surface area contributed by atoms with Gasteiger partial charge in [0.05, 0.1) is 14.2 Å². The lowest BCUT2D eigenvalue weighted by Crippen LogP contribution is -2.05. The van der Waals surface area contributed by atoms with E-state index in [1.165, 1.54) is 20.3 Å². The number of ether oxygens (including phenoxy) is 2. The number of unbranched alkanes of at least 4 members (excludes halogenated alkanes) is 1. The Balaban J connectivity index is 3.02. The van der Waals surface area contributed by atoms with Crippen LogP contribution in [0.5, 0.6) is 11.5 Å². The Kier molecular flexibility index (Phi) is 5.45. The molecule has 0 aliphatic rings. The van der Waals surface area contributed by atoms with E-state index >= 15 is 0 Å². The third-order valence-corrected chi connectivity index (χ3v) is 2.70. The first-order chi connectivity index (χ1) is 8.63. The van der Waals surface area contributed by atoms with Crippen molar-refractivity contribution in [1.29, 1.82) is 0 Å². The number of benzene rings is 1. The molecular formula is C13H19NO4. The number of carbonyl (C=O) groups excluding carboxylic acids is 1. The summed E-state index contributed by atoms with van der Waals surface area (Å²) in [6.07, 6.45) is 2.54. The second-order valence-corrected chi connectivity index (χ2v) is 3.92. The minimum absolute atomic E-state index is 0.138. The second-order valence-electron chi connectivity index (χ2n) is 3.92. The predicted octanol–water partition coefficient (Wildman–Crippen LogP) is 1.47. The maximum absolute atomic E-state index is 11.5. The maximum Gasteiger partial charge on any atom is 0.341 e. The van der Waals surface area contributed by atoms with Crippen LogP contribution in [-0.4, -0.2) is 31.8 Å². The number of aromatic hydroxyl groups is 1. The summed E-state index contributed by atoms with van der Waals surface area (Å²) in [6.45, 7) is 0.629. The van der Waals surface area contributed by atoms with Gasteiger partial charge in [0, 0.05) is 6.07 Å². The lowest BCUT2D eigenvalue weighted by molar-refractivity contribution is 0.0597. The number of phenols is 1. The largest absolute Gasteiger partial charge is 0.507 e. The Morgan fingerprint density at radius 1 is 1.33 bits per heavy atom. The molecule has 0 aliphatic carbocycles. The number of hydrogen-bond donors (Lipinski definition) is 2. The van der Waals surface area contributed by atoms with Gasteiger partial charge in [-0.15, -0.1) is 0 Å². The second kappa shape index (κ2) is 6.86. The number of aryl methyl sites for hydroxylation is 1. The van der Waals surface area contributed by atoms with Crippen LogP contribution < -0.4 is 10.5 Å². The van der Waals surface area contributed by atoms with Gasteiger partial charge in [-0.25, -0.2) is 4.79 Å². The van der Waals surface area contributed by atoms with Crippen LogP contribution in [0, 0.1) is 0 Å². The van der Waals surface area contributed by atoms with E-state index in [0.717, 1.165) is 24.8 Å². The van der Waals surface area contributed by atoms with Crippen molar-refractivity contribution in [3.63, 3.8) is 0 Å². The summed E-state index contributed by atoms with van der Waals surface area (Å²) in [5.41, 5.74) is 6.46. The van der Waals surface area contributed by atoms with E-state index in [9.17, 15) is 9.90 Å². The SMILES string of the molecule is COC(=O)c1cc(CCCCN)c(OC)cc1O. The first-order valence-corrected chi connectivity index (χ1v) is 5.82. The molecule has 0 radical (unpaired) electrons. The highest BCUT2D eigenvalue weighted by Gasteiger charge is 2.16. The fraction of sp³-hybridized carbons (Fsp3) is 0.462. The molecule has 0 bridgehead atoms. The summed E-state index contributed by atoms with van der Waals surface area (Å²) >= 11 is 0. The van der Waals surface area contributed by atoms with Crippen LogP contribution >= 0.6 is 0 Å². The molecule has 0 atom stereocenters. The summed E-state index contributed by atoms with van der Waals surface area (Å²) in [6, 6.07) is 3.04. The lowest BCUT2D eigenvalue weighted by atomic mass is 10.0. The average Bonchev–Trinajstić information content (AvgIpc) is 2.39. The normalized spacial score (nSPS) is 10.2. The number of esters is 1. The van der Waals surface area contributed by atoms with Crippen molar-refractivity contribution in [3.05, 3.63) is 23.3 Å². The van der Waals surface area contributed by atoms with Gasteiger partial charge in [0.15, 0.2) is 0 Å². The topological polar surface area (TPSA) is 81.8 Å². The van der Waals surface area contributed by atoms with Crippen LogP contribution in [0.15, 0.2) is 12.1 Å². The van der Waals surface area contributed by atoms with Crippen LogP contribution in [0.4, 0.5) is 0 Å². The van der Waals surface area contributed by atoms with Crippen LogP contribution in [0.1, 0.15) is 28.8 Å². The standard InChI is InChI=1S/C13H19NO4/c1-17-12-8-11(15)10(13(16)18-2)7-9(12)5-3-4-6-14/h7-8,15H,3-6,14H2,1-2H3. The van der Waals surface area contributed by atoms with Crippen molar-refractivity contribution < 1.29 is 19.4 Å². The Hall–Kier alpha value is -1.75. The summed E-state index contributed by atoms with van der Waals surface area (Å²) < 4.78 is 9.79. The maximum atomic E-state index is 11.5. The first-order valence-electron chi connectivity index (χ1n) is 5.82. The molecule has 5 heteroatoms. The van der Waals surface area contributed by atoms with E-state index in [2.05, 4.69) is 4.74 Å². The van der Waals surface area contributed by atoms with Crippen molar-refractivity contribution in [3.8, 4) is 11.5 Å². The third kappa shape index (κ3) is 3.37. The quantitative estimate of drug-likeness (QED) is 0.592. The molecule has 18 heavy (non-hydrogen) atoms. The number of rotatable bonds is 6. The summed E-state index contributed by atoms with van der Waals surface area (Å²) in [7, 11) is 2.80. The van der Waals surface area contributed by atoms with Crippen molar-refractivity contribution in [2.45, 2.75) is 19.3 Å². The van der Waals surface area contributed by atoms with Crippen LogP contribution in [0.25, 0.3) is 0 Å². The molecule has 0 saturated heterocycles. The van der Waals surface area contributed by atoms with Crippen molar-refractivity contribution in [2.24, 2.45) is 5.73 Å². The molecule has 5 nitrogen and oxygen atoms in total. The number of phenolic OH excluding ortho intramolecular Hbond substituents is 1. The number of methoxy groups -OCH3 is 2. The van der Waals surface area contributed by atoms with Gasteiger partial charge >= 0.3 is 5.97 Å². The van der Waals surface area contributed by atoms with E-state index in [-0.39, 0.29) is 11.3 Å². The molecule has 0 spiro atoms. The summed E-state index contributed by atoms with van der Waals surface area (Å²) in [4.78, 5) is 11.5. The monoisotopic (exact) mass is 253 g/mol. The van der Waals surface area contributed by atoms with Crippen LogP contribution in [-0.2, 0) is 11.2 Å². The molecule has 0 aromatic heterocycles. The minimum Gasteiger partial charge on any atom is -0.507 e. The summed E-state index contributed by atoms with van der Waals surface area (Å²) in [5, 5.41) is 9.72. The van der Waals surface area contributed by atoms with Gasteiger partial charge in [0.2, 0.25) is 0 Å². The smallest absolute Gasteiger partial charge is 0.341 e. The molecular weight excluding hydrogens is 234 g/mol. The number of carbonyl (C=O) groups is 1. The number of hydrogen-bond acceptors (Lipinski definition) is 5. The van der Waals surface area contributed by atoms with Crippen molar-refractivity contribution >= 4 is 5.97 Å². The molecule has 0 unspecified atom stereocenters. The number of nitrogens with two attached hydrogens (primary N) is 1. The van der Waals surface area contributed by atoms with E-state index < -0.39 is 5.97 Å². The van der Waals surface area contributed by atoms with Gasteiger partial charge in [-0.1, -0.05) is 0 Å².